The summed E-state index contributed by atoms with van der Waals surface area (Å²) in [6.07, 6.45) is 0. The fraction of sp³-hybridized carbons (Fsp3) is 0.0800. The summed E-state index contributed by atoms with van der Waals surface area (Å²) in [5, 5.41) is 3.20. The van der Waals surface area contributed by atoms with E-state index in [0.29, 0.717) is 16.5 Å². The number of amides is 1. The molecule has 7 nitrogen and oxygen atoms in total. The van der Waals surface area contributed by atoms with E-state index in [2.05, 4.69) is 5.32 Å². The molecule has 0 aliphatic rings. The monoisotopic (exact) mass is 461 g/mol. The number of carbonyl (C=O) groups is 1. The molecule has 9 heteroatoms. The highest BCUT2D eigenvalue weighted by Crippen LogP contribution is 2.25. The molecule has 0 unspecified atom stereocenters. The first-order chi connectivity index (χ1) is 16.4. The maximum Gasteiger partial charge on any atom is 0.336 e. The van der Waals surface area contributed by atoms with Crippen LogP contribution >= 0.6 is 0 Å². The summed E-state index contributed by atoms with van der Waals surface area (Å²) in [5.74, 6) is -1.41. The van der Waals surface area contributed by atoms with Gasteiger partial charge < -0.3 is 9.73 Å². The van der Waals surface area contributed by atoms with Crippen molar-refractivity contribution in [2.75, 3.05) is 0 Å². The Bertz CT molecular complexity index is 1650. The molecule has 0 fully saturated rings. The fourth-order valence-electron chi connectivity index (χ4n) is 3.82. The van der Waals surface area contributed by atoms with Crippen molar-refractivity contribution in [1.82, 2.24) is 14.5 Å². The Balaban J connectivity index is 1.62. The zero-order valence-corrected chi connectivity index (χ0v) is 17.6. The minimum Gasteiger partial charge on any atom is -0.449 e. The Morgan fingerprint density at radius 2 is 1.53 bits per heavy atom. The summed E-state index contributed by atoms with van der Waals surface area (Å²) < 4.78 is 34.3. The van der Waals surface area contributed by atoms with E-state index in [9.17, 15) is 23.2 Å². The third-order valence-electron chi connectivity index (χ3n) is 5.45. The Morgan fingerprint density at radius 3 is 2.24 bits per heavy atom. The van der Waals surface area contributed by atoms with Crippen molar-refractivity contribution >= 4 is 28.0 Å². The lowest BCUT2D eigenvalue weighted by Crippen LogP contribution is -2.41. The molecule has 0 spiro atoms. The molecule has 2 aromatic heterocycles. The van der Waals surface area contributed by atoms with Gasteiger partial charge in [-0.2, -0.15) is 0 Å². The average Bonchev–Trinajstić information content (AvgIpc) is 3.23. The molecule has 1 N–H and O–H groups in total. The topological polar surface area (TPSA) is 86.2 Å². The number of benzene rings is 3. The molecule has 0 saturated heterocycles. The second kappa shape index (κ2) is 8.43. The second-order valence-electron chi connectivity index (χ2n) is 7.66. The SMILES string of the molecule is O=C(Cn1c(=O)n(-c2ccc(F)cc2)c(=O)c2oc3ccccc3c21)NCc1ccc(F)cc1. The molecule has 0 bridgehead atoms. The van der Waals surface area contributed by atoms with Gasteiger partial charge in [-0.25, -0.2) is 18.1 Å². The molecule has 3 aromatic carbocycles. The zero-order chi connectivity index (χ0) is 23.8. The van der Waals surface area contributed by atoms with Gasteiger partial charge >= 0.3 is 11.2 Å². The van der Waals surface area contributed by atoms with E-state index in [1.54, 1.807) is 24.3 Å². The lowest BCUT2D eigenvalue weighted by Gasteiger charge is -2.12. The number of hydrogen-bond acceptors (Lipinski definition) is 4. The average molecular weight is 461 g/mol. The van der Waals surface area contributed by atoms with Crippen LogP contribution in [0.15, 0.2) is 86.8 Å². The third kappa shape index (κ3) is 3.77. The van der Waals surface area contributed by atoms with E-state index in [0.717, 1.165) is 21.3 Å². The highest BCUT2D eigenvalue weighted by Gasteiger charge is 2.22. The molecule has 34 heavy (non-hydrogen) atoms. The summed E-state index contributed by atoms with van der Waals surface area (Å²) in [6, 6.07) is 17.3. The van der Waals surface area contributed by atoms with Crippen molar-refractivity contribution in [3.05, 3.63) is 111 Å². The molecule has 1 amide bonds. The molecule has 5 rings (SSSR count). The number of para-hydroxylation sites is 1. The Kier molecular flexibility index (Phi) is 5.29. The maximum atomic E-state index is 13.4. The molecule has 5 aromatic rings. The number of furan rings is 1. The number of hydrogen-bond donors (Lipinski definition) is 1. The van der Waals surface area contributed by atoms with Crippen LogP contribution in [-0.4, -0.2) is 15.0 Å². The normalized spacial score (nSPS) is 11.2. The number of fused-ring (bicyclic) bond motifs is 3. The molecule has 0 saturated carbocycles. The molecule has 170 valence electrons. The molecule has 0 radical (unpaired) electrons. The van der Waals surface area contributed by atoms with Crippen molar-refractivity contribution in [3.63, 3.8) is 0 Å². The number of rotatable bonds is 5. The summed E-state index contributed by atoms with van der Waals surface area (Å²) in [7, 11) is 0. The number of aromatic nitrogens is 2. The minimum atomic E-state index is -0.771. The van der Waals surface area contributed by atoms with Gasteiger partial charge in [-0.05, 0) is 54.1 Å². The molecule has 0 aliphatic carbocycles. The van der Waals surface area contributed by atoms with Gasteiger partial charge in [0.05, 0.1) is 5.69 Å². The second-order valence-corrected chi connectivity index (χ2v) is 7.66. The van der Waals surface area contributed by atoms with Crippen molar-refractivity contribution in [1.29, 1.82) is 0 Å². The number of carbonyl (C=O) groups excluding carboxylic acids is 1. The summed E-state index contributed by atoms with van der Waals surface area (Å²) in [5.41, 5.74) is -0.196. The van der Waals surface area contributed by atoms with E-state index >= 15 is 0 Å². The van der Waals surface area contributed by atoms with Crippen LogP contribution in [0, 0.1) is 11.6 Å². The standard InChI is InChI=1S/C25H17F2N3O4/c26-16-7-5-15(6-8-16)13-28-21(31)14-29-22-19-3-1-2-4-20(19)34-23(22)24(32)30(25(29)33)18-11-9-17(27)10-12-18/h1-12H,13-14H2,(H,28,31). The number of nitrogens with one attached hydrogen (secondary N) is 1. The van der Waals surface area contributed by atoms with Gasteiger partial charge in [0.15, 0.2) is 0 Å². The van der Waals surface area contributed by atoms with E-state index in [-0.39, 0.29) is 29.1 Å². The van der Waals surface area contributed by atoms with Crippen LogP contribution in [0.1, 0.15) is 5.56 Å². The Morgan fingerprint density at radius 1 is 0.882 bits per heavy atom. The van der Waals surface area contributed by atoms with Gasteiger partial charge in [-0.1, -0.05) is 24.3 Å². The molecule has 0 aliphatic heterocycles. The first kappa shape index (κ1) is 21.3. The van der Waals surface area contributed by atoms with E-state index in [1.807, 2.05) is 0 Å². The fourth-order valence-corrected chi connectivity index (χ4v) is 3.82. The van der Waals surface area contributed by atoms with Crippen LogP contribution in [-0.2, 0) is 17.9 Å². The van der Waals surface area contributed by atoms with Crippen molar-refractivity contribution in [2.45, 2.75) is 13.1 Å². The predicted octanol–water partition coefficient (Wildman–Crippen LogP) is 3.49. The quantitative estimate of drug-likeness (QED) is 0.434. The maximum absolute atomic E-state index is 13.4. The number of halogens is 2. The van der Waals surface area contributed by atoms with Crippen LogP contribution in [0.2, 0.25) is 0 Å². The van der Waals surface area contributed by atoms with Gasteiger partial charge in [0.2, 0.25) is 11.5 Å². The highest BCUT2D eigenvalue weighted by atomic mass is 19.1. The van der Waals surface area contributed by atoms with Gasteiger partial charge in [-0.15, -0.1) is 0 Å². The lowest BCUT2D eigenvalue weighted by molar-refractivity contribution is -0.121. The molecule has 0 atom stereocenters. The molecular formula is C25H17F2N3O4. The van der Waals surface area contributed by atoms with Gasteiger partial charge in [0, 0.05) is 11.9 Å². The van der Waals surface area contributed by atoms with Crippen LogP contribution in [0.5, 0.6) is 0 Å². The zero-order valence-electron chi connectivity index (χ0n) is 17.6. The number of nitrogens with zero attached hydrogens (tertiary/aromatic N) is 2. The van der Waals surface area contributed by atoms with E-state index in [4.69, 9.17) is 4.42 Å². The largest absolute Gasteiger partial charge is 0.449 e. The third-order valence-corrected chi connectivity index (χ3v) is 5.45. The minimum absolute atomic E-state index is 0.101. The van der Waals surface area contributed by atoms with Gasteiger partial charge in [0.1, 0.15) is 29.3 Å². The summed E-state index contributed by atoms with van der Waals surface area (Å²) in [4.78, 5) is 39.4. The van der Waals surface area contributed by atoms with Crippen molar-refractivity contribution in [2.24, 2.45) is 0 Å². The highest BCUT2D eigenvalue weighted by molar-refractivity contribution is 6.02. The Labute approximate surface area is 190 Å². The van der Waals surface area contributed by atoms with Crippen LogP contribution in [0.3, 0.4) is 0 Å². The predicted molar refractivity (Wildman–Crippen MR) is 122 cm³/mol. The van der Waals surface area contributed by atoms with Gasteiger partial charge in [0.25, 0.3) is 0 Å². The van der Waals surface area contributed by atoms with Crippen molar-refractivity contribution in [3.8, 4) is 5.69 Å². The Hall–Kier alpha value is -4.53. The molecular weight excluding hydrogens is 444 g/mol. The first-order valence-corrected chi connectivity index (χ1v) is 10.4. The summed E-state index contributed by atoms with van der Waals surface area (Å²) in [6.45, 7) is -0.276. The van der Waals surface area contributed by atoms with Crippen LogP contribution < -0.4 is 16.6 Å². The smallest absolute Gasteiger partial charge is 0.336 e. The summed E-state index contributed by atoms with van der Waals surface area (Å²) >= 11 is 0. The van der Waals surface area contributed by atoms with Gasteiger partial charge in [-0.3, -0.25) is 14.2 Å². The van der Waals surface area contributed by atoms with Crippen molar-refractivity contribution < 1.29 is 18.0 Å². The van der Waals surface area contributed by atoms with E-state index < -0.39 is 29.5 Å². The van der Waals surface area contributed by atoms with E-state index in [1.165, 1.54) is 36.4 Å². The first-order valence-electron chi connectivity index (χ1n) is 10.4. The molecule has 2 heterocycles. The van der Waals surface area contributed by atoms with Crippen LogP contribution in [0.4, 0.5) is 8.78 Å². The van der Waals surface area contributed by atoms with Crippen LogP contribution in [0.25, 0.3) is 27.8 Å². The lowest BCUT2D eigenvalue weighted by atomic mass is 10.2.